The molecule has 0 saturated heterocycles. The van der Waals surface area contributed by atoms with Crippen LogP contribution in [0.5, 0.6) is 5.88 Å². The van der Waals surface area contributed by atoms with Gasteiger partial charge < -0.3 is 9.64 Å². The van der Waals surface area contributed by atoms with Gasteiger partial charge in [-0.05, 0) is 19.8 Å². The summed E-state index contributed by atoms with van der Waals surface area (Å²) in [6, 6.07) is 1.86. The van der Waals surface area contributed by atoms with Crippen molar-refractivity contribution in [1.82, 2.24) is 9.97 Å². The molecule has 0 fully saturated rings. The lowest BCUT2D eigenvalue weighted by molar-refractivity contribution is 0.304. The van der Waals surface area contributed by atoms with E-state index in [4.69, 9.17) is 16.3 Å². The van der Waals surface area contributed by atoms with Crippen molar-refractivity contribution < 1.29 is 4.74 Å². The van der Waals surface area contributed by atoms with Gasteiger partial charge in [0, 0.05) is 25.0 Å². The second-order valence-corrected chi connectivity index (χ2v) is 4.80. The standard InChI is InChI=1S/C12H20ClN3O/c1-4-7-17-12-8-11(14-9-15-12)16(3)6-5-10(2)13/h8-10H,4-7H2,1-3H3. The van der Waals surface area contributed by atoms with Crippen molar-refractivity contribution in [3.05, 3.63) is 12.4 Å². The Hall–Kier alpha value is -1.03. The summed E-state index contributed by atoms with van der Waals surface area (Å²) in [7, 11) is 1.99. The predicted molar refractivity (Wildman–Crippen MR) is 71.0 cm³/mol. The Morgan fingerprint density at radius 2 is 2.24 bits per heavy atom. The van der Waals surface area contributed by atoms with E-state index in [0.29, 0.717) is 12.5 Å². The van der Waals surface area contributed by atoms with Crippen molar-refractivity contribution >= 4 is 17.4 Å². The highest BCUT2D eigenvalue weighted by atomic mass is 35.5. The van der Waals surface area contributed by atoms with Crippen molar-refractivity contribution in [1.29, 1.82) is 0 Å². The van der Waals surface area contributed by atoms with E-state index in [2.05, 4.69) is 21.8 Å². The largest absolute Gasteiger partial charge is 0.478 e. The van der Waals surface area contributed by atoms with Crippen LogP contribution in [-0.4, -0.2) is 35.5 Å². The van der Waals surface area contributed by atoms with Crippen LogP contribution in [0.4, 0.5) is 5.82 Å². The molecule has 0 N–H and O–H groups in total. The Kier molecular flexibility index (Phi) is 6.05. The molecule has 5 heteroatoms. The summed E-state index contributed by atoms with van der Waals surface area (Å²) in [6.45, 7) is 5.61. The molecular formula is C12H20ClN3O. The number of anilines is 1. The highest BCUT2D eigenvalue weighted by Crippen LogP contribution is 2.15. The van der Waals surface area contributed by atoms with Crippen molar-refractivity contribution in [2.24, 2.45) is 0 Å². The Balaban J connectivity index is 2.57. The maximum absolute atomic E-state index is 5.92. The van der Waals surface area contributed by atoms with E-state index in [1.807, 2.05) is 20.0 Å². The maximum Gasteiger partial charge on any atom is 0.218 e. The molecule has 4 nitrogen and oxygen atoms in total. The average Bonchev–Trinajstić information content (AvgIpc) is 2.33. The summed E-state index contributed by atoms with van der Waals surface area (Å²) in [4.78, 5) is 10.3. The molecule has 17 heavy (non-hydrogen) atoms. The monoisotopic (exact) mass is 257 g/mol. The van der Waals surface area contributed by atoms with Crippen molar-refractivity contribution in [2.75, 3.05) is 25.1 Å². The first-order chi connectivity index (χ1) is 8.13. The van der Waals surface area contributed by atoms with E-state index in [1.54, 1.807) is 0 Å². The number of alkyl halides is 1. The van der Waals surface area contributed by atoms with Crippen molar-refractivity contribution in [2.45, 2.75) is 32.1 Å². The lowest BCUT2D eigenvalue weighted by Gasteiger charge is -2.18. The Bertz CT molecular complexity index is 333. The zero-order chi connectivity index (χ0) is 12.7. The molecule has 1 aromatic heterocycles. The summed E-state index contributed by atoms with van der Waals surface area (Å²) in [5.41, 5.74) is 0. The van der Waals surface area contributed by atoms with Gasteiger partial charge in [0.15, 0.2) is 0 Å². The van der Waals surface area contributed by atoms with Crippen LogP contribution in [0, 0.1) is 0 Å². The molecule has 1 aromatic rings. The predicted octanol–water partition coefficient (Wildman–Crippen LogP) is 2.72. The highest BCUT2D eigenvalue weighted by molar-refractivity contribution is 6.20. The summed E-state index contributed by atoms with van der Waals surface area (Å²) >= 11 is 5.92. The molecule has 0 aliphatic heterocycles. The summed E-state index contributed by atoms with van der Waals surface area (Å²) in [6.07, 6.45) is 3.42. The van der Waals surface area contributed by atoms with Gasteiger partial charge >= 0.3 is 0 Å². The number of nitrogens with zero attached hydrogens (tertiary/aromatic N) is 3. The van der Waals surface area contributed by atoms with E-state index in [0.717, 1.165) is 25.2 Å². The summed E-state index contributed by atoms with van der Waals surface area (Å²) in [5.74, 6) is 1.49. The second-order valence-electron chi connectivity index (χ2n) is 4.05. The smallest absolute Gasteiger partial charge is 0.218 e. The molecule has 0 amide bonds. The van der Waals surface area contributed by atoms with Gasteiger partial charge in [0.25, 0.3) is 0 Å². The SMILES string of the molecule is CCCOc1cc(N(C)CCC(C)Cl)ncn1. The molecule has 0 radical (unpaired) electrons. The Labute approximate surface area is 108 Å². The number of ether oxygens (including phenoxy) is 1. The number of rotatable bonds is 7. The normalized spacial score (nSPS) is 12.2. The lowest BCUT2D eigenvalue weighted by atomic mass is 10.3. The molecule has 1 heterocycles. The molecule has 0 aliphatic rings. The van der Waals surface area contributed by atoms with E-state index in [-0.39, 0.29) is 5.38 Å². The van der Waals surface area contributed by atoms with Gasteiger partial charge in [0.05, 0.1) is 6.61 Å². The molecule has 0 aromatic carbocycles. The third-order valence-corrected chi connectivity index (χ3v) is 2.55. The number of aromatic nitrogens is 2. The highest BCUT2D eigenvalue weighted by Gasteiger charge is 2.06. The van der Waals surface area contributed by atoms with Crippen molar-refractivity contribution in [3.8, 4) is 5.88 Å². The first kappa shape index (κ1) is 14.0. The Morgan fingerprint density at radius 3 is 2.88 bits per heavy atom. The van der Waals surface area contributed by atoms with Crippen LogP contribution in [0.2, 0.25) is 0 Å². The molecule has 1 rings (SSSR count). The molecule has 1 unspecified atom stereocenters. The summed E-state index contributed by atoms with van der Waals surface area (Å²) < 4.78 is 5.47. The van der Waals surface area contributed by atoms with Crippen molar-refractivity contribution in [3.63, 3.8) is 0 Å². The third kappa shape index (κ3) is 5.22. The van der Waals surface area contributed by atoms with Crippen LogP contribution in [0.3, 0.4) is 0 Å². The van der Waals surface area contributed by atoms with E-state index >= 15 is 0 Å². The maximum atomic E-state index is 5.92. The van der Waals surface area contributed by atoms with Crippen LogP contribution in [0.15, 0.2) is 12.4 Å². The number of hydrogen-bond acceptors (Lipinski definition) is 4. The Morgan fingerprint density at radius 1 is 1.47 bits per heavy atom. The van der Waals surface area contributed by atoms with E-state index < -0.39 is 0 Å². The molecule has 0 aliphatic carbocycles. The minimum Gasteiger partial charge on any atom is -0.478 e. The zero-order valence-electron chi connectivity index (χ0n) is 10.7. The van der Waals surface area contributed by atoms with Crippen LogP contribution >= 0.6 is 11.6 Å². The van der Waals surface area contributed by atoms with Gasteiger partial charge in [0.1, 0.15) is 12.1 Å². The number of hydrogen-bond donors (Lipinski definition) is 0. The first-order valence-corrected chi connectivity index (χ1v) is 6.37. The minimum absolute atomic E-state index is 0.176. The van der Waals surface area contributed by atoms with E-state index in [1.165, 1.54) is 6.33 Å². The lowest BCUT2D eigenvalue weighted by Crippen LogP contribution is -2.21. The quantitative estimate of drug-likeness (QED) is 0.704. The van der Waals surface area contributed by atoms with E-state index in [9.17, 15) is 0 Å². The van der Waals surface area contributed by atoms with Gasteiger partial charge in [-0.15, -0.1) is 11.6 Å². The number of halogens is 1. The molecule has 0 saturated carbocycles. The van der Waals surface area contributed by atoms with Gasteiger partial charge in [-0.25, -0.2) is 9.97 Å². The molecule has 1 atom stereocenters. The molecule has 96 valence electrons. The second kappa shape index (κ2) is 7.33. The van der Waals surface area contributed by atoms with Gasteiger partial charge in [-0.2, -0.15) is 0 Å². The average molecular weight is 258 g/mol. The first-order valence-electron chi connectivity index (χ1n) is 5.93. The van der Waals surface area contributed by atoms with Gasteiger partial charge in [-0.3, -0.25) is 0 Å². The van der Waals surface area contributed by atoms with Crippen LogP contribution in [-0.2, 0) is 0 Å². The van der Waals surface area contributed by atoms with Crippen LogP contribution in [0.1, 0.15) is 26.7 Å². The van der Waals surface area contributed by atoms with Crippen LogP contribution < -0.4 is 9.64 Å². The summed E-state index contributed by atoms with van der Waals surface area (Å²) in [5, 5.41) is 0.176. The fraction of sp³-hybridized carbons (Fsp3) is 0.667. The molecular weight excluding hydrogens is 238 g/mol. The fourth-order valence-electron chi connectivity index (χ4n) is 1.31. The minimum atomic E-state index is 0.176. The van der Waals surface area contributed by atoms with Gasteiger partial charge in [-0.1, -0.05) is 6.92 Å². The van der Waals surface area contributed by atoms with Gasteiger partial charge in [0.2, 0.25) is 5.88 Å². The third-order valence-electron chi connectivity index (χ3n) is 2.34. The molecule has 0 spiro atoms. The fourth-order valence-corrected chi connectivity index (χ4v) is 1.41. The molecule has 0 bridgehead atoms. The topological polar surface area (TPSA) is 38.2 Å². The zero-order valence-corrected chi connectivity index (χ0v) is 11.4. The van der Waals surface area contributed by atoms with Crippen LogP contribution in [0.25, 0.3) is 0 Å².